The Balaban J connectivity index is 1.89. The minimum atomic E-state index is -0.130. The summed E-state index contributed by atoms with van der Waals surface area (Å²) in [7, 11) is 1.89. The van der Waals surface area contributed by atoms with Crippen LogP contribution in [0.25, 0.3) is 0 Å². The summed E-state index contributed by atoms with van der Waals surface area (Å²) in [5.41, 5.74) is 0.756. The third-order valence-electron chi connectivity index (χ3n) is 4.53. The van der Waals surface area contributed by atoms with E-state index in [1.165, 1.54) is 18.9 Å². The van der Waals surface area contributed by atoms with E-state index in [9.17, 15) is 4.39 Å². The molecule has 1 aromatic carbocycles. The van der Waals surface area contributed by atoms with Crippen LogP contribution in [0.4, 0.5) is 4.39 Å². The molecule has 3 nitrogen and oxygen atoms in total. The summed E-state index contributed by atoms with van der Waals surface area (Å²) in [6.07, 6.45) is 5.32. The highest BCUT2D eigenvalue weighted by atomic mass is 19.1. The van der Waals surface area contributed by atoms with E-state index in [1.807, 2.05) is 19.2 Å². The van der Waals surface area contributed by atoms with Gasteiger partial charge in [0.15, 0.2) is 0 Å². The zero-order valence-electron chi connectivity index (χ0n) is 12.9. The average Bonchev–Trinajstić information content (AvgIpc) is 2.95. The fourth-order valence-electron chi connectivity index (χ4n) is 3.35. The Bertz CT molecular complexity index is 427. The molecule has 1 saturated heterocycles. The number of rotatable bonds is 8. The molecule has 0 radical (unpaired) electrons. The Morgan fingerprint density at radius 1 is 1.43 bits per heavy atom. The summed E-state index contributed by atoms with van der Waals surface area (Å²) < 4.78 is 13.9. The topological polar surface area (TPSA) is 35.5 Å². The molecule has 0 spiro atoms. The summed E-state index contributed by atoms with van der Waals surface area (Å²) >= 11 is 0. The summed E-state index contributed by atoms with van der Waals surface area (Å²) in [6, 6.07) is 7.67. The monoisotopic (exact) mass is 294 g/mol. The van der Waals surface area contributed by atoms with Crippen LogP contribution in [0.3, 0.4) is 0 Å². The van der Waals surface area contributed by atoms with Crippen molar-refractivity contribution >= 4 is 0 Å². The highest BCUT2D eigenvalue weighted by Gasteiger charge is 2.24. The molecule has 118 valence electrons. The van der Waals surface area contributed by atoms with Crippen LogP contribution in [-0.4, -0.2) is 42.8 Å². The van der Waals surface area contributed by atoms with Crippen molar-refractivity contribution in [2.75, 3.05) is 26.7 Å². The van der Waals surface area contributed by atoms with Crippen molar-refractivity contribution in [1.82, 2.24) is 10.2 Å². The van der Waals surface area contributed by atoms with Crippen LogP contribution >= 0.6 is 0 Å². The Kier molecular flexibility index (Phi) is 6.61. The molecule has 1 aliphatic heterocycles. The number of aliphatic hydroxyl groups excluding tert-OH is 1. The molecular weight excluding hydrogens is 267 g/mol. The lowest BCUT2D eigenvalue weighted by Gasteiger charge is -2.27. The fourth-order valence-corrected chi connectivity index (χ4v) is 3.35. The molecule has 0 bridgehead atoms. The molecule has 2 unspecified atom stereocenters. The van der Waals surface area contributed by atoms with Crippen LogP contribution in [0.15, 0.2) is 24.3 Å². The Morgan fingerprint density at radius 3 is 2.95 bits per heavy atom. The molecule has 2 N–H and O–H groups in total. The molecule has 0 saturated carbocycles. The SMILES string of the molecule is CNC(CCN1CCCC1CCCO)c1ccccc1F. The average molecular weight is 294 g/mol. The van der Waals surface area contributed by atoms with E-state index < -0.39 is 0 Å². The van der Waals surface area contributed by atoms with Gasteiger partial charge in [-0.15, -0.1) is 0 Å². The number of nitrogens with zero attached hydrogens (tertiary/aromatic N) is 1. The van der Waals surface area contributed by atoms with E-state index in [0.717, 1.165) is 37.9 Å². The quantitative estimate of drug-likeness (QED) is 0.774. The van der Waals surface area contributed by atoms with Gasteiger partial charge >= 0.3 is 0 Å². The van der Waals surface area contributed by atoms with Gasteiger partial charge in [0, 0.05) is 30.8 Å². The highest BCUT2D eigenvalue weighted by molar-refractivity contribution is 5.21. The maximum absolute atomic E-state index is 13.9. The molecule has 0 aromatic heterocycles. The van der Waals surface area contributed by atoms with Crippen molar-refractivity contribution in [3.63, 3.8) is 0 Å². The Morgan fingerprint density at radius 2 is 2.24 bits per heavy atom. The zero-order chi connectivity index (χ0) is 15.1. The second-order valence-electron chi connectivity index (χ2n) is 5.85. The van der Waals surface area contributed by atoms with Crippen LogP contribution in [0.5, 0.6) is 0 Å². The first-order valence-electron chi connectivity index (χ1n) is 8.03. The van der Waals surface area contributed by atoms with Gasteiger partial charge in [0.05, 0.1) is 0 Å². The van der Waals surface area contributed by atoms with E-state index in [4.69, 9.17) is 5.11 Å². The van der Waals surface area contributed by atoms with Crippen LogP contribution < -0.4 is 5.32 Å². The van der Waals surface area contributed by atoms with Gasteiger partial charge < -0.3 is 15.3 Å². The Labute approximate surface area is 127 Å². The predicted octanol–water partition coefficient (Wildman–Crippen LogP) is 2.71. The fraction of sp³-hybridized carbons (Fsp3) is 0.647. The highest BCUT2D eigenvalue weighted by Crippen LogP contribution is 2.25. The zero-order valence-corrected chi connectivity index (χ0v) is 12.9. The van der Waals surface area contributed by atoms with Crippen LogP contribution in [0.1, 0.15) is 43.7 Å². The van der Waals surface area contributed by atoms with Crippen LogP contribution in [0, 0.1) is 5.82 Å². The second kappa shape index (κ2) is 8.47. The van der Waals surface area contributed by atoms with Gasteiger partial charge in [-0.05, 0) is 51.8 Å². The molecule has 1 aliphatic rings. The van der Waals surface area contributed by atoms with Gasteiger partial charge in [0.1, 0.15) is 5.82 Å². The van der Waals surface area contributed by atoms with Gasteiger partial charge in [-0.25, -0.2) is 4.39 Å². The standard InChI is InChI=1S/C17H27FN2O/c1-19-17(15-8-2-3-9-16(15)18)10-12-20-11-4-6-14(20)7-5-13-21/h2-3,8-9,14,17,19,21H,4-7,10-13H2,1H3. The van der Waals surface area contributed by atoms with Crippen molar-refractivity contribution in [3.05, 3.63) is 35.6 Å². The first-order valence-corrected chi connectivity index (χ1v) is 8.03. The molecule has 1 fully saturated rings. The first-order chi connectivity index (χ1) is 10.3. The van der Waals surface area contributed by atoms with Crippen molar-refractivity contribution in [3.8, 4) is 0 Å². The van der Waals surface area contributed by atoms with E-state index in [2.05, 4.69) is 10.2 Å². The summed E-state index contributed by atoms with van der Waals surface area (Å²) in [4.78, 5) is 2.50. The lowest BCUT2D eigenvalue weighted by Crippen LogP contribution is -2.33. The first kappa shape index (κ1) is 16.4. The maximum atomic E-state index is 13.9. The normalized spacial score (nSPS) is 20.8. The van der Waals surface area contributed by atoms with Gasteiger partial charge in [-0.2, -0.15) is 0 Å². The van der Waals surface area contributed by atoms with Crippen molar-refractivity contribution in [2.45, 2.75) is 44.2 Å². The summed E-state index contributed by atoms with van der Waals surface area (Å²) in [6.45, 7) is 2.39. The van der Waals surface area contributed by atoms with Gasteiger partial charge in [0.25, 0.3) is 0 Å². The lowest BCUT2D eigenvalue weighted by atomic mass is 10.0. The second-order valence-corrected chi connectivity index (χ2v) is 5.85. The van der Waals surface area contributed by atoms with Crippen LogP contribution in [-0.2, 0) is 0 Å². The van der Waals surface area contributed by atoms with Crippen molar-refractivity contribution in [1.29, 1.82) is 0 Å². The van der Waals surface area contributed by atoms with E-state index >= 15 is 0 Å². The minimum absolute atomic E-state index is 0.0605. The maximum Gasteiger partial charge on any atom is 0.127 e. The predicted molar refractivity (Wildman–Crippen MR) is 83.7 cm³/mol. The number of aliphatic hydroxyl groups is 1. The lowest BCUT2D eigenvalue weighted by molar-refractivity contribution is 0.208. The molecule has 2 rings (SSSR count). The molecule has 1 aromatic rings. The molecule has 0 amide bonds. The van der Waals surface area contributed by atoms with Gasteiger partial charge in [-0.3, -0.25) is 0 Å². The van der Waals surface area contributed by atoms with E-state index in [1.54, 1.807) is 6.07 Å². The number of nitrogens with one attached hydrogen (secondary N) is 1. The summed E-state index contributed by atoms with van der Waals surface area (Å²) in [5.74, 6) is -0.130. The number of hydrogen-bond donors (Lipinski definition) is 2. The molecule has 4 heteroatoms. The number of halogens is 1. The van der Waals surface area contributed by atoms with Gasteiger partial charge in [-0.1, -0.05) is 18.2 Å². The van der Waals surface area contributed by atoms with E-state index in [-0.39, 0.29) is 18.5 Å². The molecule has 2 atom stereocenters. The van der Waals surface area contributed by atoms with E-state index in [0.29, 0.717) is 6.04 Å². The minimum Gasteiger partial charge on any atom is -0.396 e. The molecule has 21 heavy (non-hydrogen) atoms. The smallest absolute Gasteiger partial charge is 0.127 e. The largest absolute Gasteiger partial charge is 0.396 e. The van der Waals surface area contributed by atoms with Crippen LogP contribution in [0.2, 0.25) is 0 Å². The van der Waals surface area contributed by atoms with Crippen molar-refractivity contribution in [2.24, 2.45) is 0 Å². The number of likely N-dealkylation sites (tertiary alicyclic amines) is 1. The molecule has 0 aliphatic carbocycles. The Hall–Kier alpha value is -0.970. The van der Waals surface area contributed by atoms with Gasteiger partial charge in [0.2, 0.25) is 0 Å². The third kappa shape index (κ3) is 4.50. The molecular formula is C17H27FN2O. The summed E-state index contributed by atoms with van der Waals surface area (Å²) in [5, 5.41) is 12.2. The van der Waals surface area contributed by atoms with Crippen molar-refractivity contribution < 1.29 is 9.50 Å². The number of hydrogen-bond acceptors (Lipinski definition) is 3. The molecule has 1 heterocycles. The number of benzene rings is 1. The third-order valence-corrected chi connectivity index (χ3v) is 4.53.